The number of esters is 1. The van der Waals surface area contributed by atoms with Crippen LogP contribution in [0.25, 0.3) is 0 Å². The standard InChI is InChI=1S/C25H32N2O5/c1-4-31-25(30)24(29)26-20-13-17(2)23(18(3)14-20)32-21-9-10-22(28)19(15-21)16-27-11-7-5-6-8-12-27/h9-10,13-15,28H,4-8,11-12,16H2,1-3H3,(H,26,29). The predicted molar refractivity (Wildman–Crippen MR) is 123 cm³/mol. The van der Waals surface area contributed by atoms with Crippen LogP contribution in [0.5, 0.6) is 17.2 Å². The van der Waals surface area contributed by atoms with E-state index < -0.39 is 11.9 Å². The molecule has 0 saturated carbocycles. The van der Waals surface area contributed by atoms with E-state index in [2.05, 4.69) is 10.2 Å². The predicted octanol–water partition coefficient (Wildman–Crippen LogP) is 4.68. The number of ether oxygens (including phenoxy) is 2. The van der Waals surface area contributed by atoms with Crippen molar-refractivity contribution < 1.29 is 24.2 Å². The second-order valence-electron chi connectivity index (χ2n) is 8.20. The van der Waals surface area contributed by atoms with Gasteiger partial charge in [0.1, 0.15) is 17.2 Å². The maximum atomic E-state index is 11.9. The summed E-state index contributed by atoms with van der Waals surface area (Å²) in [5, 5.41) is 12.9. The van der Waals surface area contributed by atoms with Gasteiger partial charge in [-0.3, -0.25) is 9.69 Å². The molecule has 1 heterocycles. The van der Waals surface area contributed by atoms with Crippen molar-refractivity contribution in [3.63, 3.8) is 0 Å². The number of hydrogen-bond acceptors (Lipinski definition) is 6. The lowest BCUT2D eigenvalue weighted by Crippen LogP contribution is -2.25. The van der Waals surface area contributed by atoms with Gasteiger partial charge in [-0.2, -0.15) is 0 Å². The van der Waals surface area contributed by atoms with E-state index in [1.807, 2.05) is 19.9 Å². The Balaban J connectivity index is 1.73. The summed E-state index contributed by atoms with van der Waals surface area (Å²) in [6.45, 7) is 8.32. The third-order valence-electron chi connectivity index (χ3n) is 5.54. The summed E-state index contributed by atoms with van der Waals surface area (Å²) in [6, 6.07) is 8.79. The molecule has 2 aromatic rings. The van der Waals surface area contributed by atoms with Gasteiger partial charge in [-0.15, -0.1) is 0 Å². The highest BCUT2D eigenvalue weighted by atomic mass is 16.5. The molecule has 0 atom stereocenters. The number of amides is 1. The van der Waals surface area contributed by atoms with Crippen LogP contribution in [0, 0.1) is 13.8 Å². The highest BCUT2D eigenvalue weighted by Gasteiger charge is 2.17. The zero-order valence-corrected chi connectivity index (χ0v) is 19.1. The van der Waals surface area contributed by atoms with Gasteiger partial charge in [0.2, 0.25) is 0 Å². The van der Waals surface area contributed by atoms with Gasteiger partial charge in [0.25, 0.3) is 0 Å². The van der Waals surface area contributed by atoms with E-state index in [-0.39, 0.29) is 12.4 Å². The molecule has 0 bridgehead atoms. The SMILES string of the molecule is CCOC(=O)C(=O)Nc1cc(C)c(Oc2ccc(O)c(CN3CCCCCC3)c2)c(C)c1. The third kappa shape index (κ3) is 6.23. The van der Waals surface area contributed by atoms with E-state index in [1.165, 1.54) is 25.7 Å². The molecule has 1 fully saturated rings. The Morgan fingerprint density at radius 1 is 1.03 bits per heavy atom. The van der Waals surface area contributed by atoms with Gasteiger partial charge in [-0.1, -0.05) is 12.8 Å². The summed E-state index contributed by atoms with van der Waals surface area (Å²) in [5.41, 5.74) is 2.97. The Labute approximate surface area is 189 Å². The van der Waals surface area contributed by atoms with Crippen LogP contribution < -0.4 is 10.1 Å². The molecular formula is C25H32N2O5. The molecule has 1 aliphatic heterocycles. The molecule has 0 aromatic heterocycles. The van der Waals surface area contributed by atoms with Gasteiger partial charge < -0.3 is 19.9 Å². The lowest BCUT2D eigenvalue weighted by Gasteiger charge is -2.21. The number of nitrogens with one attached hydrogen (secondary N) is 1. The van der Waals surface area contributed by atoms with Crippen molar-refractivity contribution in [2.24, 2.45) is 0 Å². The monoisotopic (exact) mass is 440 g/mol. The van der Waals surface area contributed by atoms with Crippen LogP contribution in [0.2, 0.25) is 0 Å². The molecule has 3 rings (SSSR count). The van der Waals surface area contributed by atoms with Crippen molar-refractivity contribution in [2.75, 3.05) is 25.0 Å². The molecule has 172 valence electrons. The zero-order valence-electron chi connectivity index (χ0n) is 19.1. The number of nitrogens with zero attached hydrogens (tertiary/aromatic N) is 1. The summed E-state index contributed by atoms with van der Waals surface area (Å²) < 4.78 is 10.9. The molecule has 0 aliphatic carbocycles. The van der Waals surface area contributed by atoms with E-state index >= 15 is 0 Å². The minimum absolute atomic E-state index is 0.142. The van der Waals surface area contributed by atoms with Crippen LogP contribution >= 0.6 is 0 Å². The number of anilines is 1. The quantitative estimate of drug-likeness (QED) is 0.501. The van der Waals surface area contributed by atoms with Crippen LogP contribution in [0.15, 0.2) is 30.3 Å². The number of phenols is 1. The molecule has 32 heavy (non-hydrogen) atoms. The highest BCUT2D eigenvalue weighted by molar-refractivity contribution is 6.37. The first-order chi connectivity index (χ1) is 15.4. The molecule has 2 aromatic carbocycles. The Kier molecular flexibility index (Phi) is 8.11. The Hall–Kier alpha value is -3.06. The molecule has 2 N–H and O–H groups in total. The number of hydrogen-bond donors (Lipinski definition) is 2. The van der Waals surface area contributed by atoms with Crippen LogP contribution in [0.1, 0.15) is 49.3 Å². The third-order valence-corrected chi connectivity index (χ3v) is 5.54. The Bertz CT molecular complexity index is 942. The first kappa shape index (κ1) is 23.6. The number of carbonyl (C=O) groups is 2. The van der Waals surface area contributed by atoms with Gasteiger partial charge in [0, 0.05) is 17.8 Å². The molecule has 1 amide bonds. The maximum absolute atomic E-state index is 11.9. The lowest BCUT2D eigenvalue weighted by atomic mass is 10.1. The Morgan fingerprint density at radius 3 is 2.31 bits per heavy atom. The molecule has 1 saturated heterocycles. The number of aromatic hydroxyl groups is 1. The summed E-state index contributed by atoms with van der Waals surface area (Å²) >= 11 is 0. The molecule has 0 radical (unpaired) electrons. The van der Waals surface area contributed by atoms with Crippen molar-refractivity contribution in [1.82, 2.24) is 4.90 Å². The smallest absolute Gasteiger partial charge is 0.397 e. The van der Waals surface area contributed by atoms with E-state index in [9.17, 15) is 14.7 Å². The van der Waals surface area contributed by atoms with Gasteiger partial charge >= 0.3 is 11.9 Å². The van der Waals surface area contributed by atoms with Gasteiger partial charge in [-0.05, 0) is 88.2 Å². The summed E-state index contributed by atoms with van der Waals surface area (Å²) in [4.78, 5) is 25.9. The van der Waals surface area contributed by atoms with Crippen LogP contribution in [0.4, 0.5) is 5.69 Å². The van der Waals surface area contributed by atoms with Gasteiger partial charge in [0.05, 0.1) is 6.61 Å². The van der Waals surface area contributed by atoms with Crippen molar-refractivity contribution in [1.29, 1.82) is 0 Å². The van der Waals surface area contributed by atoms with Crippen molar-refractivity contribution in [2.45, 2.75) is 53.0 Å². The molecule has 1 aliphatic rings. The van der Waals surface area contributed by atoms with E-state index in [0.29, 0.717) is 23.7 Å². The van der Waals surface area contributed by atoms with Crippen LogP contribution in [-0.2, 0) is 20.9 Å². The largest absolute Gasteiger partial charge is 0.508 e. The lowest BCUT2D eigenvalue weighted by molar-refractivity contribution is -0.152. The van der Waals surface area contributed by atoms with E-state index in [1.54, 1.807) is 31.2 Å². The fourth-order valence-corrected chi connectivity index (χ4v) is 3.97. The van der Waals surface area contributed by atoms with Crippen molar-refractivity contribution in [3.8, 4) is 17.2 Å². The molecule has 7 heteroatoms. The van der Waals surface area contributed by atoms with E-state index in [0.717, 1.165) is 29.8 Å². The molecule has 0 unspecified atom stereocenters. The van der Waals surface area contributed by atoms with Gasteiger partial charge in [0.15, 0.2) is 0 Å². The van der Waals surface area contributed by atoms with E-state index in [4.69, 9.17) is 9.47 Å². The summed E-state index contributed by atoms with van der Waals surface area (Å²) in [6.07, 6.45) is 4.91. The average molecular weight is 441 g/mol. The fraction of sp³-hybridized carbons (Fsp3) is 0.440. The van der Waals surface area contributed by atoms with Crippen molar-refractivity contribution >= 4 is 17.6 Å². The highest BCUT2D eigenvalue weighted by Crippen LogP contribution is 2.34. The zero-order chi connectivity index (χ0) is 23.1. The number of likely N-dealkylation sites (tertiary alicyclic amines) is 1. The second kappa shape index (κ2) is 11.0. The topological polar surface area (TPSA) is 88.1 Å². The first-order valence-electron chi connectivity index (χ1n) is 11.2. The van der Waals surface area contributed by atoms with Crippen molar-refractivity contribution in [3.05, 3.63) is 47.0 Å². The van der Waals surface area contributed by atoms with Gasteiger partial charge in [-0.25, -0.2) is 4.79 Å². The number of aryl methyl sites for hydroxylation is 2. The molecular weight excluding hydrogens is 408 g/mol. The second-order valence-corrected chi connectivity index (χ2v) is 8.20. The summed E-state index contributed by atoms with van der Waals surface area (Å²) in [5.74, 6) is -0.139. The number of rotatable bonds is 6. The summed E-state index contributed by atoms with van der Waals surface area (Å²) in [7, 11) is 0. The minimum Gasteiger partial charge on any atom is -0.508 e. The maximum Gasteiger partial charge on any atom is 0.397 e. The number of benzene rings is 2. The minimum atomic E-state index is -0.913. The fourth-order valence-electron chi connectivity index (χ4n) is 3.97. The number of carbonyl (C=O) groups excluding carboxylic acids is 2. The van der Waals surface area contributed by atoms with Crippen LogP contribution in [-0.4, -0.2) is 41.6 Å². The molecule has 0 spiro atoms. The van der Waals surface area contributed by atoms with Crippen LogP contribution in [0.3, 0.4) is 0 Å². The normalized spacial score (nSPS) is 14.5. The number of phenolic OH excluding ortho intramolecular Hbond substituents is 1. The average Bonchev–Trinajstić information content (AvgIpc) is 3.02. The first-order valence-corrected chi connectivity index (χ1v) is 11.2. The Morgan fingerprint density at radius 2 is 1.69 bits per heavy atom. The molecule has 7 nitrogen and oxygen atoms in total.